The van der Waals surface area contributed by atoms with Crippen LogP contribution < -0.4 is 0 Å². The molecule has 0 N–H and O–H groups in total. The lowest BCUT2D eigenvalue weighted by atomic mass is 11.0. The van der Waals surface area contributed by atoms with Crippen molar-refractivity contribution >= 4 is 28.1 Å². The summed E-state index contributed by atoms with van der Waals surface area (Å²) < 4.78 is 0.566. The quantitative estimate of drug-likeness (QED) is 0.511. The van der Waals surface area contributed by atoms with Gasteiger partial charge in [0.1, 0.15) is 10.5 Å². The van der Waals surface area contributed by atoms with Crippen LogP contribution in [-0.4, -0.2) is 4.98 Å². The summed E-state index contributed by atoms with van der Waals surface area (Å²) >= 11 is 6.64. The molecule has 0 bridgehead atoms. The molecule has 0 unspecified atom stereocenters. The van der Waals surface area contributed by atoms with Crippen molar-refractivity contribution in [1.29, 1.82) is 0 Å². The van der Waals surface area contributed by atoms with E-state index < -0.39 is 0 Å². The normalized spacial score (nSPS) is 8.50. The Labute approximate surface area is 55.6 Å². The molecule has 0 radical (unpaired) electrons. The Balaban J connectivity index is 3.05. The summed E-state index contributed by atoms with van der Waals surface area (Å²) in [6.45, 7) is 6.47. The second kappa shape index (κ2) is 2.12. The zero-order valence-corrected chi connectivity index (χ0v) is 5.33. The summed E-state index contributed by atoms with van der Waals surface area (Å²) in [4.78, 5) is 6.73. The molecule has 0 saturated carbocycles. The fraction of sp³-hybridized carbons (Fsp3) is 0. The molecule has 0 aromatic carbocycles. The molecule has 0 atom stereocenters. The minimum Gasteiger partial charge on any atom is -0.351 e. The van der Waals surface area contributed by atoms with Gasteiger partial charge in [-0.05, 0) is 0 Å². The van der Waals surface area contributed by atoms with Crippen molar-refractivity contribution in [2.45, 2.75) is 0 Å². The van der Waals surface area contributed by atoms with E-state index >= 15 is 0 Å². The first-order valence-electron chi connectivity index (χ1n) is 1.81. The first-order chi connectivity index (χ1) is 3.83. The summed E-state index contributed by atoms with van der Waals surface area (Å²) in [5.41, 5.74) is 0. The van der Waals surface area contributed by atoms with Gasteiger partial charge in [0.15, 0.2) is 0 Å². The standard InChI is InChI=1S/C4HClN2S/c1-6-4-7-2-3(5)8-4/h2H. The van der Waals surface area contributed by atoms with Gasteiger partial charge in [0, 0.05) is 0 Å². The summed E-state index contributed by atoms with van der Waals surface area (Å²) in [7, 11) is 0. The third-order valence-electron chi connectivity index (χ3n) is 0.561. The second-order valence-electron chi connectivity index (χ2n) is 1.06. The van der Waals surface area contributed by atoms with Gasteiger partial charge < -0.3 is 4.85 Å². The fourth-order valence-electron chi connectivity index (χ4n) is 0.298. The van der Waals surface area contributed by atoms with Crippen molar-refractivity contribution < 1.29 is 0 Å². The highest BCUT2D eigenvalue weighted by molar-refractivity contribution is 7.19. The number of nitrogens with zero attached hydrogens (tertiary/aromatic N) is 2. The van der Waals surface area contributed by atoms with E-state index in [4.69, 9.17) is 18.2 Å². The smallest absolute Gasteiger partial charge is 0.330 e. The van der Waals surface area contributed by atoms with Gasteiger partial charge in [-0.15, -0.1) is 16.3 Å². The van der Waals surface area contributed by atoms with Crippen LogP contribution in [-0.2, 0) is 0 Å². The van der Waals surface area contributed by atoms with Crippen molar-refractivity contribution in [1.82, 2.24) is 4.98 Å². The van der Waals surface area contributed by atoms with E-state index in [0.717, 1.165) is 0 Å². The fourth-order valence-corrected chi connectivity index (χ4v) is 0.984. The molecule has 2 nitrogen and oxygen atoms in total. The van der Waals surface area contributed by atoms with E-state index in [9.17, 15) is 0 Å². The lowest BCUT2D eigenvalue weighted by Gasteiger charge is -1.67. The van der Waals surface area contributed by atoms with E-state index in [0.29, 0.717) is 9.47 Å². The highest BCUT2D eigenvalue weighted by Crippen LogP contribution is 2.24. The van der Waals surface area contributed by atoms with Crippen molar-refractivity contribution in [3.8, 4) is 0 Å². The summed E-state index contributed by atoms with van der Waals surface area (Å²) in [5.74, 6) is 0. The number of aromatic nitrogens is 1. The molecule has 0 spiro atoms. The molecule has 4 heteroatoms. The number of hydrogen-bond acceptors (Lipinski definition) is 2. The highest BCUT2D eigenvalue weighted by atomic mass is 35.5. The number of thiazole rings is 1. The van der Waals surface area contributed by atoms with Crippen LogP contribution in [0.4, 0.5) is 5.13 Å². The van der Waals surface area contributed by atoms with Gasteiger partial charge in [-0.1, -0.05) is 18.2 Å². The van der Waals surface area contributed by atoms with Crippen LogP contribution in [0.5, 0.6) is 0 Å². The molecule has 1 rings (SSSR count). The van der Waals surface area contributed by atoms with Gasteiger partial charge in [-0.3, -0.25) is 0 Å². The zero-order chi connectivity index (χ0) is 5.98. The maximum Gasteiger partial charge on any atom is 0.330 e. The largest absolute Gasteiger partial charge is 0.351 e. The third-order valence-corrected chi connectivity index (χ3v) is 1.57. The minimum absolute atomic E-state index is 0.398. The maximum atomic E-state index is 6.47. The summed E-state index contributed by atoms with van der Waals surface area (Å²) in [5, 5.41) is 0.398. The van der Waals surface area contributed by atoms with Crippen LogP contribution in [0.1, 0.15) is 0 Å². The van der Waals surface area contributed by atoms with Crippen LogP contribution in [0.15, 0.2) is 6.20 Å². The predicted molar refractivity (Wildman–Crippen MR) is 33.4 cm³/mol. The monoisotopic (exact) mass is 144 g/mol. The zero-order valence-electron chi connectivity index (χ0n) is 3.76. The van der Waals surface area contributed by atoms with Crippen molar-refractivity contribution in [2.24, 2.45) is 0 Å². The average molecular weight is 145 g/mol. The first kappa shape index (κ1) is 5.54. The van der Waals surface area contributed by atoms with E-state index in [-0.39, 0.29) is 0 Å². The predicted octanol–water partition coefficient (Wildman–Crippen LogP) is 2.35. The van der Waals surface area contributed by atoms with E-state index in [2.05, 4.69) is 9.83 Å². The van der Waals surface area contributed by atoms with Crippen LogP contribution >= 0.6 is 22.9 Å². The Morgan fingerprint density at radius 1 is 1.88 bits per heavy atom. The molecule has 1 heterocycles. The average Bonchev–Trinajstić information content (AvgIpc) is 2.14. The SMILES string of the molecule is [C-]#[N+]c1ncc(Cl)s1. The maximum absolute atomic E-state index is 6.47. The van der Waals surface area contributed by atoms with Gasteiger partial charge in [0.25, 0.3) is 0 Å². The molecule has 40 valence electrons. The topological polar surface area (TPSA) is 17.2 Å². The molecule has 0 aliphatic heterocycles. The molecule has 0 aliphatic rings. The Kier molecular flexibility index (Phi) is 1.47. The van der Waals surface area contributed by atoms with Crippen LogP contribution in [0.25, 0.3) is 4.85 Å². The molecular weight excluding hydrogens is 144 g/mol. The molecule has 0 aliphatic carbocycles. The molecule has 0 saturated heterocycles. The van der Waals surface area contributed by atoms with Gasteiger partial charge in [0.2, 0.25) is 0 Å². The summed E-state index contributed by atoms with van der Waals surface area (Å²) in [6, 6.07) is 0. The lowest BCUT2D eigenvalue weighted by molar-refractivity contribution is 1.44. The molecule has 1 aromatic heterocycles. The van der Waals surface area contributed by atoms with Gasteiger partial charge in [0.05, 0.1) is 0 Å². The molecule has 0 amide bonds. The molecule has 8 heavy (non-hydrogen) atoms. The van der Waals surface area contributed by atoms with Gasteiger partial charge in [-0.25, -0.2) is 0 Å². The minimum atomic E-state index is 0.398. The Morgan fingerprint density at radius 2 is 2.62 bits per heavy atom. The van der Waals surface area contributed by atoms with Crippen LogP contribution in [0, 0.1) is 6.57 Å². The number of halogens is 1. The van der Waals surface area contributed by atoms with Crippen LogP contribution in [0.2, 0.25) is 4.34 Å². The lowest BCUT2D eigenvalue weighted by Crippen LogP contribution is -1.47. The second-order valence-corrected chi connectivity index (χ2v) is 2.70. The third kappa shape index (κ3) is 0.971. The number of rotatable bonds is 0. The van der Waals surface area contributed by atoms with E-state index in [1.165, 1.54) is 17.5 Å². The Bertz CT molecular complexity index is 224. The van der Waals surface area contributed by atoms with Crippen molar-refractivity contribution in [2.75, 3.05) is 0 Å². The summed E-state index contributed by atoms with van der Waals surface area (Å²) in [6.07, 6.45) is 1.47. The highest BCUT2D eigenvalue weighted by Gasteiger charge is 1.96. The molecular formula is C4HClN2S. The van der Waals surface area contributed by atoms with E-state index in [1.54, 1.807) is 0 Å². The van der Waals surface area contributed by atoms with Gasteiger partial charge >= 0.3 is 5.13 Å². The Morgan fingerprint density at radius 3 is 2.88 bits per heavy atom. The van der Waals surface area contributed by atoms with E-state index in [1.807, 2.05) is 0 Å². The number of hydrogen-bond donors (Lipinski definition) is 0. The van der Waals surface area contributed by atoms with Gasteiger partial charge in [-0.2, -0.15) is 0 Å². The first-order valence-corrected chi connectivity index (χ1v) is 3.01. The van der Waals surface area contributed by atoms with Crippen LogP contribution in [0.3, 0.4) is 0 Å². The van der Waals surface area contributed by atoms with Crippen molar-refractivity contribution in [3.63, 3.8) is 0 Å². The molecule has 1 aromatic rings. The van der Waals surface area contributed by atoms with Crippen molar-refractivity contribution in [3.05, 3.63) is 22.0 Å². The Hall–Kier alpha value is -0.590. The molecule has 0 fully saturated rings.